The van der Waals surface area contributed by atoms with E-state index in [1.165, 1.54) is 11.1 Å². The smallest absolute Gasteiger partial charge is 0.368 e. The summed E-state index contributed by atoms with van der Waals surface area (Å²) in [7, 11) is 0. The van der Waals surface area contributed by atoms with E-state index in [-0.39, 0.29) is 24.7 Å². The zero-order chi connectivity index (χ0) is 22.9. The molecule has 0 spiro atoms. The summed E-state index contributed by atoms with van der Waals surface area (Å²) in [4.78, 5) is 28.8. The van der Waals surface area contributed by atoms with E-state index >= 15 is 0 Å². The number of alkyl halides is 3. The first-order valence-electron chi connectivity index (χ1n) is 10.4. The maximum absolute atomic E-state index is 13.0. The van der Waals surface area contributed by atoms with Gasteiger partial charge in [-0.1, -0.05) is 23.8 Å². The number of amides is 2. The molecule has 2 aromatic carbocycles. The number of carbonyl (C=O) groups is 2. The Bertz CT molecular complexity index is 1040. The van der Waals surface area contributed by atoms with Crippen LogP contribution in [0.1, 0.15) is 24.0 Å². The van der Waals surface area contributed by atoms with Crippen LogP contribution in [0.4, 0.5) is 24.5 Å². The van der Waals surface area contributed by atoms with E-state index in [0.29, 0.717) is 43.3 Å². The van der Waals surface area contributed by atoms with Crippen LogP contribution in [0.5, 0.6) is 0 Å². The average molecular weight is 444 g/mol. The van der Waals surface area contributed by atoms with Crippen molar-refractivity contribution in [3.05, 3.63) is 59.7 Å². The summed E-state index contributed by atoms with van der Waals surface area (Å²) in [6.07, 6.45) is -3.93. The highest BCUT2D eigenvalue weighted by Crippen LogP contribution is 2.32. The summed E-state index contributed by atoms with van der Waals surface area (Å²) >= 11 is 0. The molecule has 4 rings (SSSR count). The fraction of sp³-hybridized carbons (Fsp3) is 0.348. The molecule has 1 saturated heterocycles. The molecule has 168 valence electrons. The molecule has 0 aromatic heterocycles. The molecule has 0 unspecified atom stereocenters. The maximum atomic E-state index is 13.0. The van der Waals surface area contributed by atoms with E-state index in [2.05, 4.69) is 5.10 Å². The van der Waals surface area contributed by atoms with Gasteiger partial charge in [-0.05, 0) is 37.3 Å². The van der Waals surface area contributed by atoms with Gasteiger partial charge in [-0.2, -0.15) is 18.3 Å². The molecule has 1 fully saturated rings. The van der Waals surface area contributed by atoms with Crippen LogP contribution in [0.2, 0.25) is 0 Å². The minimum absolute atomic E-state index is 0.167. The number of carbonyl (C=O) groups excluding carboxylic acids is 2. The Balaban J connectivity index is 1.43. The van der Waals surface area contributed by atoms with Crippen molar-refractivity contribution in [1.82, 2.24) is 4.90 Å². The van der Waals surface area contributed by atoms with Crippen LogP contribution in [-0.4, -0.2) is 48.6 Å². The second-order valence-electron chi connectivity index (χ2n) is 7.92. The molecule has 32 heavy (non-hydrogen) atoms. The Hall–Kier alpha value is -3.36. The number of hydrogen-bond acceptors (Lipinski definition) is 4. The van der Waals surface area contributed by atoms with Crippen LogP contribution >= 0.6 is 0 Å². The monoisotopic (exact) mass is 444 g/mol. The van der Waals surface area contributed by atoms with Crippen molar-refractivity contribution >= 4 is 28.9 Å². The number of hydrogen-bond donors (Lipinski definition) is 0. The van der Waals surface area contributed by atoms with E-state index in [1.54, 1.807) is 23.1 Å². The molecule has 2 heterocycles. The van der Waals surface area contributed by atoms with Gasteiger partial charge >= 0.3 is 6.18 Å². The van der Waals surface area contributed by atoms with Gasteiger partial charge in [0.2, 0.25) is 5.91 Å². The molecule has 0 atom stereocenters. The molecule has 0 aliphatic carbocycles. The van der Waals surface area contributed by atoms with Gasteiger partial charge in [0.25, 0.3) is 5.91 Å². The molecule has 0 saturated carbocycles. The summed E-state index contributed by atoms with van der Waals surface area (Å²) in [5.41, 5.74) is 1.78. The molecule has 2 aliphatic rings. The van der Waals surface area contributed by atoms with Crippen molar-refractivity contribution in [3.8, 4) is 0 Å². The molecule has 2 aromatic rings. The molecular formula is C23H23F3N4O2. The molecule has 2 aliphatic heterocycles. The molecule has 0 bridgehead atoms. The van der Waals surface area contributed by atoms with Crippen molar-refractivity contribution in [2.75, 3.05) is 36.1 Å². The topological polar surface area (TPSA) is 56.2 Å². The summed E-state index contributed by atoms with van der Waals surface area (Å²) in [6.45, 7) is 3.51. The average Bonchev–Trinajstić information content (AvgIpc) is 2.79. The fourth-order valence-corrected chi connectivity index (χ4v) is 3.82. The van der Waals surface area contributed by atoms with Gasteiger partial charge < -0.3 is 9.80 Å². The molecule has 2 amide bonds. The van der Waals surface area contributed by atoms with Gasteiger partial charge in [0, 0.05) is 44.7 Å². The van der Waals surface area contributed by atoms with E-state index in [9.17, 15) is 22.8 Å². The van der Waals surface area contributed by atoms with E-state index in [0.717, 1.165) is 17.7 Å². The number of halogens is 3. The van der Waals surface area contributed by atoms with Gasteiger partial charge in [-0.25, -0.2) is 5.01 Å². The van der Waals surface area contributed by atoms with Gasteiger partial charge in [0.05, 0.1) is 11.3 Å². The second-order valence-corrected chi connectivity index (χ2v) is 7.92. The normalized spacial score (nSPS) is 17.4. The largest absolute Gasteiger partial charge is 0.416 e. The predicted molar refractivity (Wildman–Crippen MR) is 116 cm³/mol. The lowest BCUT2D eigenvalue weighted by molar-refractivity contribution is -0.137. The van der Waals surface area contributed by atoms with Crippen molar-refractivity contribution < 1.29 is 22.8 Å². The highest BCUT2D eigenvalue weighted by molar-refractivity contribution is 6.40. The van der Waals surface area contributed by atoms with Crippen LogP contribution in [0.25, 0.3) is 0 Å². The van der Waals surface area contributed by atoms with Crippen molar-refractivity contribution in [2.45, 2.75) is 25.9 Å². The number of hydrazone groups is 1. The lowest BCUT2D eigenvalue weighted by Gasteiger charge is -2.37. The first-order chi connectivity index (χ1) is 15.2. The summed E-state index contributed by atoms with van der Waals surface area (Å²) in [5.74, 6) is -0.405. The highest BCUT2D eigenvalue weighted by atomic mass is 19.4. The van der Waals surface area contributed by atoms with Crippen LogP contribution in [0.3, 0.4) is 0 Å². The summed E-state index contributed by atoms with van der Waals surface area (Å²) in [5, 5.41) is 5.60. The first-order valence-corrected chi connectivity index (χ1v) is 10.4. The first kappa shape index (κ1) is 21.9. The van der Waals surface area contributed by atoms with Gasteiger partial charge in [-0.3, -0.25) is 9.59 Å². The third-order valence-corrected chi connectivity index (χ3v) is 5.66. The molecular weight excluding hydrogens is 421 g/mol. The number of benzene rings is 2. The SMILES string of the molecule is Cc1ccc(N2N=C(C(=O)N3CCN(c4cccc(C(F)(F)F)c4)CC3)CCC2=O)cc1. The quantitative estimate of drug-likeness (QED) is 0.723. The Morgan fingerprint density at radius 1 is 0.938 bits per heavy atom. The molecule has 6 nitrogen and oxygen atoms in total. The van der Waals surface area contributed by atoms with Crippen LogP contribution in [0.15, 0.2) is 53.6 Å². The Morgan fingerprint density at radius 2 is 1.62 bits per heavy atom. The lowest BCUT2D eigenvalue weighted by Crippen LogP contribution is -2.51. The molecule has 0 radical (unpaired) electrons. The minimum Gasteiger partial charge on any atom is -0.368 e. The maximum Gasteiger partial charge on any atom is 0.416 e. The third kappa shape index (κ3) is 4.61. The third-order valence-electron chi connectivity index (χ3n) is 5.66. The van der Waals surface area contributed by atoms with Crippen molar-refractivity contribution in [2.24, 2.45) is 5.10 Å². The number of nitrogens with zero attached hydrogens (tertiary/aromatic N) is 4. The fourth-order valence-electron chi connectivity index (χ4n) is 3.82. The zero-order valence-electron chi connectivity index (χ0n) is 17.6. The Labute approximate surface area is 183 Å². The van der Waals surface area contributed by atoms with E-state index in [1.807, 2.05) is 24.0 Å². The van der Waals surface area contributed by atoms with Crippen LogP contribution in [0, 0.1) is 6.92 Å². The summed E-state index contributed by atoms with van der Waals surface area (Å²) < 4.78 is 39.0. The van der Waals surface area contributed by atoms with Gasteiger partial charge in [0.1, 0.15) is 5.71 Å². The highest BCUT2D eigenvalue weighted by Gasteiger charge is 2.32. The van der Waals surface area contributed by atoms with Crippen molar-refractivity contribution in [1.29, 1.82) is 0 Å². The number of aryl methyl sites for hydroxylation is 1. The molecule has 9 heteroatoms. The van der Waals surface area contributed by atoms with Gasteiger partial charge in [0.15, 0.2) is 0 Å². The number of rotatable bonds is 3. The van der Waals surface area contributed by atoms with Crippen molar-refractivity contribution in [3.63, 3.8) is 0 Å². The van der Waals surface area contributed by atoms with Crippen LogP contribution in [-0.2, 0) is 15.8 Å². The number of anilines is 2. The lowest BCUT2D eigenvalue weighted by atomic mass is 10.1. The second kappa shape index (κ2) is 8.64. The van der Waals surface area contributed by atoms with Crippen LogP contribution < -0.4 is 9.91 Å². The van der Waals surface area contributed by atoms with E-state index in [4.69, 9.17) is 0 Å². The van der Waals surface area contributed by atoms with Gasteiger partial charge in [-0.15, -0.1) is 0 Å². The predicted octanol–water partition coefficient (Wildman–Crippen LogP) is 3.85. The Morgan fingerprint density at radius 3 is 2.28 bits per heavy atom. The zero-order valence-corrected chi connectivity index (χ0v) is 17.6. The van der Waals surface area contributed by atoms with E-state index < -0.39 is 11.7 Å². The molecule has 0 N–H and O–H groups in total. The standard InChI is InChI=1S/C23H23F3N4O2/c1-16-5-7-18(8-6-16)30-21(31)10-9-20(27-30)22(32)29-13-11-28(12-14-29)19-4-2-3-17(15-19)23(24,25)26/h2-8,15H,9-14H2,1H3. The minimum atomic E-state index is -4.40. The summed E-state index contributed by atoms with van der Waals surface area (Å²) in [6, 6.07) is 12.5. The Kier molecular flexibility index (Phi) is 5.90. The number of piperazine rings is 1.